The highest BCUT2D eigenvalue weighted by Gasteiger charge is 1.97. The number of hydrogen-bond donors (Lipinski definition) is 2. The molecule has 0 bridgehead atoms. The monoisotopic (exact) mass is 286 g/mol. The maximum absolute atomic E-state index is 5.12. The SMILES string of the molecule is CC/C=C(\C=C/N=CNC(Cc1ccccc1)=NC)ON. The summed E-state index contributed by atoms with van der Waals surface area (Å²) in [5.74, 6) is 6.55. The maximum Gasteiger partial charge on any atom is 0.144 e. The fourth-order valence-electron chi connectivity index (χ4n) is 1.61. The van der Waals surface area contributed by atoms with Crippen molar-refractivity contribution in [3.05, 3.63) is 60.0 Å². The van der Waals surface area contributed by atoms with Crippen LogP contribution in [-0.4, -0.2) is 19.2 Å². The Morgan fingerprint density at radius 1 is 1.33 bits per heavy atom. The zero-order valence-electron chi connectivity index (χ0n) is 12.5. The Labute approximate surface area is 125 Å². The zero-order valence-corrected chi connectivity index (χ0v) is 12.5. The summed E-state index contributed by atoms with van der Waals surface area (Å²) in [5.41, 5.74) is 1.19. The highest BCUT2D eigenvalue weighted by molar-refractivity contribution is 5.93. The predicted molar refractivity (Wildman–Crippen MR) is 87.9 cm³/mol. The lowest BCUT2D eigenvalue weighted by molar-refractivity contribution is 0.233. The summed E-state index contributed by atoms with van der Waals surface area (Å²) < 4.78 is 0. The first-order chi connectivity index (χ1) is 10.3. The van der Waals surface area contributed by atoms with E-state index in [0.717, 1.165) is 18.7 Å². The van der Waals surface area contributed by atoms with E-state index >= 15 is 0 Å². The molecule has 0 radical (unpaired) electrons. The van der Waals surface area contributed by atoms with Gasteiger partial charge in [-0.3, -0.25) is 4.99 Å². The van der Waals surface area contributed by atoms with Crippen LogP contribution >= 0.6 is 0 Å². The van der Waals surface area contributed by atoms with Gasteiger partial charge in [0, 0.05) is 25.7 Å². The molecule has 1 aromatic carbocycles. The molecule has 0 aliphatic rings. The number of rotatable bonds is 7. The molecule has 0 atom stereocenters. The summed E-state index contributed by atoms with van der Waals surface area (Å²) in [6.45, 7) is 2.01. The van der Waals surface area contributed by atoms with Crippen molar-refractivity contribution in [3.8, 4) is 0 Å². The summed E-state index contributed by atoms with van der Waals surface area (Å²) in [7, 11) is 1.75. The molecule has 1 aromatic rings. The predicted octanol–water partition coefficient (Wildman–Crippen LogP) is 2.57. The van der Waals surface area contributed by atoms with Crippen molar-refractivity contribution >= 4 is 12.2 Å². The molecular weight excluding hydrogens is 264 g/mol. The van der Waals surface area contributed by atoms with E-state index in [4.69, 9.17) is 5.90 Å². The molecule has 0 amide bonds. The van der Waals surface area contributed by atoms with Gasteiger partial charge in [-0.15, -0.1) is 0 Å². The Morgan fingerprint density at radius 3 is 2.71 bits per heavy atom. The Bertz CT molecular complexity index is 518. The van der Waals surface area contributed by atoms with E-state index in [2.05, 4.69) is 32.3 Å². The smallest absolute Gasteiger partial charge is 0.144 e. The number of nitrogens with zero attached hydrogens (tertiary/aromatic N) is 2. The Morgan fingerprint density at radius 2 is 2.10 bits per heavy atom. The lowest BCUT2D eigenvalue weighted by Crippen LogP contribution is -2.23. The lowest BCUT2D eigenvalue weighted by atomic mass is 10.1. The minimum Gasteiger partial charge on any atom is -0.412 e. The minimum atomic E-state index is 0.586. The van der Waals surface area contributed by atoms with Gasteiger partial charge in [0.1, 0.15) is 11.6 Å². The number of aliphatic imine (C=N–C) groups is 2. The third-order valence-electron chi connectivity index (χ3n) is 2.66. The molecule has 1 rings (SSSR count). The number of nitrogens with two attached hydrogens (primary N) is 1. The molecule has 3 N–H and O–H groups in total. The van der Waals surface area contributed by atoms with Gasteiger partial charge in [0.2, 0.25) is 0 Å². The van der Waals surface area contributed by atoms with E-state index in [1.807, 2.05) is 31.2 Å². The second kappa shape index (κ2) is 10.4. The van der Waals surface area contributed by atoms with E-state index in [-0.39, 0.29) is 0 Å². The van der Waals surface area contributed by atoms with Gasteiger partial charge < -0.3 is 10.2 Å². The highest BCUT2D eigenvalue weighted by Crippen LogP contribution is 2.00. The summed E-state index contributed by atoms with van der Waals surface area (Å²) in [5, 5.41) is 3.06. The fourth-order valence-corrected chi connectivity index (χ4v) is 1.61. The topological polar surface area (TPSA) is 72.0 Å². The van der Waals surface area contributed by atoms with Crippen molar-refractivity contribution in [2.75, 3.05) is 7.05 Å². The molecule has 0 heterocycles. The van der Waals surface area contributed by atoms with Gasteiger partial charge in [-0.2, -0.15) is 5.90 Å². The molecule has 0 aliphatic heterocycles. The van der Waals surface area contributed by atoms with Crippen LogP contribution in [0.2, 0.25) is 0 Å². The van der Waals surface area contributed by atoms with Gasteiger partial charge in [0.05, 0.1) is 6.34 Å². The molecular formula is C16H22N4O. The van der Waals surface area contributed by atoms with Crippen LogP contribution in [0.1, 0.15) is 18.9 Å². The molecule has 0 saturated carbocycles. The zero-order chi connectivity index (χ0) is 15.3. The second-order valence-corrected chi connectivity index (χ2v) is 4.20. The molecule has 0 aliphatic carbocycles. The van der Waals surface area contributed by atoms with Gasteiger partial charge in [0.15, 0.2) is 0 Å². The van der Waals surface area contributed by atoms with Gasteiger partial charge in [-0.25, -0.2) is 4.99 Å². The van der Waals surface area contributed by atoms with Gasteiger partial charge in [0.25, 0.3) is 0 Å². The second-order valence-electron chi connectivity index (χ2n) is 4.20. The normalized spacial score (nSPS) is 13.1. The Kier molecular flexibility index (Phi) is 8.24. The van der Waals surface area contributed by atoms with Crippen LogP contribution in [0, 0.1) is 0 Å². The van der Waals surface area contributed by atoms with Crippen LogP contribution in [0.25, 0.3) is 0 Å². The highest BCUT2D eigenvalue weighted by atomic mass is 16.6. The standard InChI is InChI=1S/C16H22N4O/c1-3-7-15(21-17)10-11-19-13-20-16(18-2)12-14-8-5-4-6-9-14/h4-11,13H,3,12,17H2,1-2H3,(H,18,19,20)/b11-10-,15-7+. The first-order valence-electron chi connectivity index (χ1n) is 6.81. The van der Waals surface area contributed by atoms with Crippen LogP contribution < -0.4 is 11.2 Å². The Balaban J connectivity index is 2.47. The lowest BCUT2D eigenvalue weighted by Gasteiger charge is -2.04. The average molecular weight is 286 g/mol. The van der Waals surface area contributed by atoms with E-state index in [0.29, 0.717) is 5.76 Å². The van der Waals surface area contributed by atoms with E-state index in [1.54, 1.807) is 25.7 Å². The van der Waals surface area contributed by atoms with Crippen LogP contribution in [0.4, 0.5) is 0 Å². The molecule has 0 aromatic heterocycles. The van der Waals surface area contributed by atoms with E-state index < -0.39 is 0 Å². The molecule has 21 heavy (non-hydrogen) atoms. The van der Waals surface area contributed by atoms with Gasteiger partial charge in [-0.05, 0) is 18.1 Å². The summed E-state index contributed by atoms with van der Waals surface area (Å²) in [6.07, 6.45) is 8.34. The number of benzene rings is 1. The van der Waals surface area contributed by atoms with E-state index in [9.17, 15) is 0 Å². The molecule has 0 unspecified atom stereocenters. The van der Waals surface area contributed by atoms with Crippen molar-refractivity contribution in [2.24, 2.45) is 15.9 Å². The van der Waals surface area contributed by atoms with Crippen molar-refractivity contribution in [2.45, 2.75) is 19.8 Å². The molecule has 5 heteroatoms. The number of hydrogen-bond acceptors (Lipinski definition) is 4. The van der Waals surface area contributed by atoms with Crippen LogP contribution in [0.15, 0.2) is 64.4 Å². The first-order valence-corrected chi connectivity index (χ1v) is 6.81. The van der Waals surface area contributed by atoms with Crippen molar-refractivity contribution in [1.82, 2.24) is 5.32 Å². The number of allylic oxidation sites excluding steroid dienone is 2. The van der Waals surface area contributed by atoms with Crippen molar-refractivity contribution in [3.63, 3.8) is 0 Å². The first kappa shape index (κ1) is 16.7. The Hall–Kier alpha value is -2.40. The molecule has 5 nitrogen and oxygen atoms in total. The van der Waals surface area contributed by atoms with Crippen molar-refractivity contribution in [1.29, 1.82) is 0 Å². The number of amidine groups is 1. The molecule has 0 saturated heterocycles. The maximum atomic E-state index is 5.12. The van der Waals surface area contributed by atoms with E-state index in [1.165, 1.54) is 5.56 Å². The quantitative estimate of drug-likeness (QED) is 0.266. The van der Waals surface area contributed by atoms with Gasteiger partial charge in [-0.1, -0.05) is 37.3 Å². The number of nitrogens with one attached hydrogen (secondary N) is 1. The fraction of sp³-hybridized carbons (Fsp3) is 0.250. The summed E-state index contributed by atoms with van der Waals surface area (Å²) >= 11 is 0. The van der Waals surface area contributed by atoms with Crippen LogP contribution in [0.5, 0.6) is 0 Å². The van der Waals surface area contributed by atoms with Crippen molar-refractivity contribution < 1.29 is 4.84 Å². The molecule has 0 fully saturated rings. The van der Waals surface area contributed by atoms with Crippen LogP contribution in [0.3, 0.4) is 0 Å². The minimum absolute atomic E-state index is 0.586. The van der Waals surface area contributed by atoms with Crippen LogP contribution in [-0.2, 0) is 11.3 Å². The third kappa shape index (κ3) is 7.08. The largest absolute Gasteiger partial charge is 0.412 e. The average Bonchev–Trinajstić information content (AvgIpc) is 2.53. The molecule has 0 spiro atoms. The third-order valence-corrected chi connectivity index (χ3v) is 2.66. The van der Waals surface area contributed by atoms with Gasteiger partial charge >= 0.3 is 0 Å². The summed E-state index contributed by atoms with van der Waals surface area (Å²) in [6, 6.07) is 10.1. The molecule has 112 valence electrons. The summed E-state index contributed by atoms with van der Waals surface area (Å²) in [4.78, 5) is 13.0.